The number of fused-ring (bicyclic) bond motifs is 1. The fourth-order valence-corrected chi connectivity index (χ4v) is 3.79. The van der Waals surface area contributed by atoms with E-state index in [-0.39, 0.29) is 30.1 Å². The summed E-state index contributed by atoms with van der Waals surface area (Å²) < 4.78 is 7.82. The second kappa shape index (κ2) is 9.64. The van der Waals surface area contributed by atoms with Crippen LogP contribution in [0.1, 0.15) is 18.5 Å². The molecule has 0 saturated carbocycles. The number of aliphatic imine (C=N–C) groups is 1. The van der Waals surface area contributed by atoms with E-state index < -0.39 is 0 Å². The van der Waals surface area contributed by atoms with Crippen molar-refractivity contribution in [3.05, 3.63) is 21.9 Å². The van der Waals surface area contributed by atoms with Crippen LogP contribution in [0.2, 0.25) is 10.2 Å². The predicted molar refractivity (Wildman–Crippen MR) is 113 cm³/mol. The standard InChI is InChI=1S/C16H25Cl2N5O.HI/c1-19-16(20-7-12-6-14(17)15(18)22(12)2)21-8-13-9-23-5-3-4-11(23)10-24-13;/h6,11,13H,3-5,7-10H2,1-2H3,(H2,19,20,21);1H. The number of guanidine groups is 1. The number of nitrogens with one attached hydrogen (secondary N) is 2. The van der Waals surface area contributed by atoms with E-state index in [4.69, 9.17) is 27.9 Å². The van der Waals surface area contributed by atoms with E-state index in [0.717, 1.165) is 31.3 Å². The first-order valence-electron chi connectivity index (χ1n) is 8.38. The third-order valence-corrected chi connectivity index (χ3v) is 5.68. The van der Waals surface area contributed by atoms with Crippen LogP contribution < -0.4 is 10.6 Å². The van der Waals surface area contributed by atoms with Gasteiger partial charge < -0.3 is 19.9 Å². The van der Waals surface area contributed by atoms with Crippen molar-refractivity contribution in [3.8, 4) is 0 Å². The van der Waals surface area contributed by atoms with E-state index in [0.29, 0.717) is 22.8 Å². The Hall–Kier alpha value is -0.220. The zero-order valence-corrected chi connectivity index (χ0v) is 18.4. The molecule has 0 amide bonds. The molecule has 1 aromatic rings. The van der Waals surface area contributed by atoms with Gasteiger partial charge in [0.15, 0.2) is 5.96 Å². The minimum Gasteiger partial charge on any atom is -0.373 e. The van der Waals surface area contributed by atoms with Gasteiger partial charge in [-0.05, 0) is 25.5 Å². The van der Waals surface area contributed by atoms with Crippen molar-refractivity contribution < 1.29 is 4.74 Å². The molecule has 142 valence electrons. The van der Waals surface area contributed by atoms with E-state index >= 15 is 0 Å². The van der Waals surface area contributed by atoms with Gasteiger partial charge in [0.2, 0.25) is 0 Å². The highest BCUT2D eigenvalue weighted by Crippen LogP contribution is 2.25. The summed E-state index contributed by atoms with van der Waals surface area (Å²) in [6.07, 6.45) is 2.77. The van der Waals surface area contributed by atoms with Crippen molar-refractivity contribution in [3.63, 3.8) is 0 Å². The van der Waals surface area contributed by atoms with Crippen molar-refractivity contribution in [2.45, 2.75) is 31.5 Å². The smallest absolute Gasteiger partial charge is 0.191 e. The van der Waals surface area contributed by atoms with Crippen molar-refractivity contribution in [1.29, 1.82) is 0 Å². The Balaban J connectivity index is 0.00000225. The average Bonchev–Trinajstić information content (AvgIpc) is 3.15. The van der Waals surface area contributed by atoms with E-state index in [1.165, 1.54) is 19.4 Å². The van der Waals surface area contributed by atoms with Gasteiger partial charge in [0.1, 0.15) is 5.15 Å². The van der Waals surface area contributed by atoms with E-state index in [9.17, 15) is 0 Å². The summed E-state index contributed by atoms with van der Waals surface area (Å²) >= 11 is 12.1. The van der Waals surface area contributed by atoms with Crippen molar-refractivity contribution in [2.75, 3.05) is 33.3 Å². The predicted octanol–water partition coefficient (Wildman–Crippen LogP) is 2.48. The summed E-state index contributed by atoms with van der Waals surface area (Å²) in [5.41, 5.74) is 1.00. The third kappa shape index (κ3) is 5.15. The van der Waals surface area contributed by atoms with Crippen LogP contribution in [0, 0.1) is 0 Å². The van der Waals surface area contributed by atoms with Gasteiger partial charge in [-0.3, -0.25) is 9.89 Å². The molecular weight excluding hydrogens is 476 g/mol. The largest absolute Gasteiger partial charge is 0.373 e. The number of morpholine rings is 1. The first-order valence-corrected chi connectivity index (χ1v) is 9.14. The van der Waals surface area contributed by atoms with Crippen molar-refractivity contribution in [1.82, 2.24) is 20.1 Å². The lowest BCUT2D eigenvalue weighted by atomic mass is 10.2. The Morgan fingerprint density at radius 1 is 1.40 bits per heavy atom. The Bertz CT molecular complexity index is 610. The van der Waals surface area contributed by atoms with Gasteiger partial charge in [-0.25, -0.2) is 0 Å². The van der Waals surface area contributed by atoms with Crippen LogP contribution >= 0.6 is 47.2 Å². The first kappa shape index (κ1) is 21.1. The molecule has 2 atom stereocenters. The third-order valence-electron chi connectivity index (χ3n) is 4.83. The molecule has 0 bridgehead atoms. The fourth-order valence-electron chi connectivity index (χ4n) is 3.37. The second-order valence-electron chi connectivity index (χ2n) is 6.39. The molecule has 3 rings (SSSR count). The highest BCUT2D eigenvalue weighted by atomic mass is 127. The summed E-state index contributed by atoms with van der Waals surface area (Å²) in [4.78, 5) is 6.80. The molecule has 2 saturated heterocycles. The van der Waals surface area contributed by atoms with E-state index in [1.807, 2.05) is 17.7 Å². The molecule has 0 radical (unpaired) electrons. The Morgan fingerprint density at radius 3 is 2.88 bits per heavy atom. The first-order chi connectivity index (χ1) is 11.6. The summed E-state index contributed by atoms with van der Waals surface area (Å²) in [6.45, 7) is 4.39. The molecule has 1 aromatic heterocycles. The van der Waals surface area contributed by atoms with Gasteiger partial charge in [0, 0.05) is 38.9 Å². The topological polar surface area (TPSA) is 53.8 Å². The van der Waals surface area contributed by atoms with Gasteiger partial charge in [0.05, 0.1) is 24.3 Å². The summed E-state index contributed by atoms with van der Waals surface area (Å²) in [5.74, 6) is 0.746. The number of nitrogens with zero attached hydrogens (tertiary/aromatic N) is 3. The van der Waals surface area contributed by atoms with Gasteiger partial charge >= 0.3 is 0 Å². The maximum atomic E-state index is 6.09. The molecule has 0 spiro atoms. The SMILES string of the molecule is CN=C(NCc1cc(Cl)c(Cl)n1C)NCC1CN2CCCC2CO1.I. The molecule has 9 heteroatoms. The normalized spacial score (nSPS) is 23.9. The van der Waals surface area contributed by atoms with Crippen LogP contribution in [0.5, 0.6) is 0 Å². The molecular formula is C16H26Cl2IN5O. The number of rotatable bonds is 4. The van der Waals surface area contributed by atoms with Crippen LogP contribution in [-0.4, -0.2) is 60.9 Å². The van der Waals surface area contributed by atoms with Crippen LogP contribution in [0.3, 0.4) is 0 Å². The molecule has 25 heavy (non-hydrogen) atoms. The van der Waals surface area contributed by atoms with Gasteiger partial charge in [0.25, 0.3) is 0 Å². The molecule has 2 aliphatic heterocycles. The Kier molecular flexibility index (Phi) is 8.13. The Morgan fingerprint density at radius 2 is 2.20 bits per heavy atom. The van der Waals surface area contributed by atoms with E-state index in [1.54, 1.807) is 7.05 Å². The van der Waals surface area contributed by atoms with Crippen LogP contribution in [0.15, 0.2) is 11.1 Å². The van der Waals surface area contributed by atoms with Gasteiger partial charge in [-0.1, -0.05) is 23.2 Å². The highest BCUT2D eigenvalue weighted by molar-refractivity contribution is 14.0. The lowest BCUT2D eigenvalue weighted by Crippen LogP contribution is -2.51. The summed E-state index contributed by atoms with van der Waals surface area (Å²) in [7, 11) is 3.66. The lowest BCUT2D eigenvalue weighted by Gasteiger charge is -2.35. The molecule has 2 aliphatic rings. The molecule has 0 aromatic carbocycles. The van der Waals surface area contributed by atoms with Crippen LogP contribution in [0.4, 0.5) is 0 Å². The Labute approximate surface area is 176 Å². The highest BCUT2D eigenvalue weighted by Gasteiger charge is 2.32. The number of halogens is 3. The minimum atomic E-state index is 0. The van der Waals surface area contributed by atoms with Crippen LogP contribution in [0.25, 0.3) is 0 Å². The number of aromatic nitrogens is 1. The molecule has 3 heterocycles. The quantitative estimate of drug-likeness (QED) is 0.378. The average molecular weight is 502 g/mol. The molecule has 0 aliphatic carbocycles. The van der Waals surface area contributed by atoms with Gasteiger partial charge in [-0.15, -0.1) is 24.0 Å². The second-order valence-corrected chi connectivity index (χ2v) is 7.15. The fraction of sp³-hybridized carbons (Fsp3) is 0.688. The maximum Gasteiger partial charge on any atom is 0.191 e. The molecule has 2 unspecified atom stereocenters. The summed E-state index contributed by atoms with van der Waals surface area (Å²) in [5, 5.41) is 7.74. The molecule has 6 nitrogen and oxygen atoms in total. The molecule has 2 fully saturated rings. The number of ether oxygens (including phenoxy) is 1. The minimum absolute atomic E-state index is 0. The van der Waals surface area contributed by atoms with Gasteiger partial charge in [-0.2, -0.15) is 0 Å². The maximum absolute atomic E-state index is 6.09. The lowest BCUT2D eigenvalue weighted by molar-refractivity contribution is -0.0453. The van der Waals surface area contributed by atoms with Crippen LogP contribution in [-0.2, 0) is 18.3 Å². The zero-order valence-electron chi connectivity index (χ0n) is 14.6. The number of hydrogen-bond donors (Lipinski definition) is 2. The van der Waals surface area contributed by atoms with Crippen molar-refractivity contribution >= 4 is 53.1 Å². The summed E-state index contributed by atoms with van der Waals surface area (Å²) in [6, 6.07) is 2.49. The zero-order chi connectivity index (χ0) is 17.1. The monoisotopic (exact) mass is 501 g/mol. The van der Waals surface area contributed by atoms with Crippen molar-refractivity contribution in [2.24, 2.45) is 12.0 Å². The van der Waals surface area contributed by atoms with E-state index in [2.05, 4.69) is 20.5 Å². The number of hydrogen-bond acceptors (Lipinski definition) is 3. The molecule has 2 N–H and O–H groups in total.